The average Bonchev–Trinajstić information content (AvgIpc) is 2.40. The summed E-state index contributed by atoms with van der Waals surface area (Å²) in [4.78, 5) is 19.6. The summed E-state index contributed by atoms with van der Waals surface area (Å²) in [6.07, 6.45) is 1.35. The highest BCUT2D eigenvalue weighted by Gasteiger charge is 2.13. The van der Waals surface area contributed by atoms with E-state index in [9.17, 15) is 4.79 Å². The Kier molecular flexibility index (Phi) is 3.92. The number of benzene rings is 1. The lowest BCUT2D eigenvalue weighted by Gasteiger charge is -2.07. The van der Waals surface area contributed by atoms with Crippen molar-refractivity contribution in [2.75, 3.05) is 17.7 Å². The van der Waals surface area contributed by atoms with E-state index < -0.39 is 5.97 Å². The van der Waals surface area contributed by atoms with Crippen LogP contribution in [0.5, 0.6) is 0 Å². The average molecular weight is 258 g/mol. The Morgan fingerprint density at radius 1 is 1.37 bits per heavy atom. The van der Waals surface area contributed by atoms with Crippen LogP contribution in [0, 0.1) is 0 Å². The highest BCUT2D eigenvalue weighted by molar-refractivity contribution is 5.93. The van der Waals surface area contributed by atoms with Gasteiger partial charge in [-0.15, -0.1) is 0 Å². The van der Waals surface area contributed by atoms with Gasteiger partial charge in [-0.3, -0.25) is 0 Å². The Morgan fingerprint density at radius 2 is 2.11 bits per heavy atom. The topological polar surface area (TPSA) is 90.1 Å². The predicted molar refractivity (Wildman–Crippen MR) is 72.1 cm³/mol. The number of nitrogen functional groups attached to an aromatic ring is 1. The Morgan fingerprint density at radius 3 is 2.74 bits per heavy atom. The Balaban J connectivity index is 2.17. The predicted octanol–water partition coefficient (Wildman–Crippen LogP) is 1.98. The molecule has 0 amide bonds. The molecule has 0 aliphatic rings. The van der Waals surface area contributed by atoms with Gasteiger partial charge in [0.2, 0.25) is 5.95 Å². The second-order valence-electron chi connectivity index (χ2n) is 3.70. The minimum atomic E-state index is -0.522. The number of nitrogens with zero attached hydrogens (tertiary/aromatic N) is 2. The van der Waals surface area contributed by atoms with Gasteiger partial charge in [0.1, 0.15) is 11.4 Å². The minimum absolute atomic E-state index is 0.0897. The normalized spacial score (nSPS) is 9.95. The first-order chi connectivity index (χ1) is 9.20. The molecule has 1 heterocycles. The molecule has 0 saturated carbocycles. The number of ether oxygens (including phenoxy) is 1. The van der Waals surface area contributed by atoms with Crippen molar-refractivity contribution >= 4 is 23.4 Å². The molecule has 1 aromatic carbocycles. The van der Waals surface area contributed by atoms with Crippen molar-refractivity contribution in [2.24, 2.45) is 0 Å². The summed E-state index contributed by atoms with van der Waals surface area (Å²) in [5.41, 5.74) is 6.72. The quantitative estimate of drug-likeness (QED) is 0.815. The van der Waals surface area contributed by atoms with Crippen molar-refractivity contribution in [2.45, 2.75) is 6.92 Å². The highest BCUT2D eigenvalue weighted by Crippen LogP contribution is 2.15. The van der Waals surface area contributed by atoms with E-state index in [-0.39, 0.29) is 18.0 Å². The van der Waals surface area contributed by atoms with Crippen LogP contribution < -0.4 is 11.1 Å². The summed E-state index contributed by atoms with van der Waals surface area (Å²) in [6.45, 7) is 2.00. The summed E-state index contributed by atoms with van der Waals surface area (Å²) in [5.74, 6) is -0.102. The summed E-state index contributed by atoms with van der Waals surface area (Å²) < 4.78 is 4.85. The molecule has 0 unspecified atom stereocenters. The SMILES string of the molecule is CCOC(=O)c1cnc(Nc2ccccc2)nc1N. The third kappa shape index (κ3) is 3.19. The summed E-state index contributed by atoms with van der Waals surface area (Å²) in [7, 11) is 0. The van der Waals surface area contributed by atoms with Crippen LogP contribution in [0.15, 0.2) is 36.5 Å². The molecule has 6 heteroatoms. The lowest BCUT2D eigenvalue weighted by Crippen LogP contribution is -2.11. The number of aromatic nitrogens is 2. The van der Waals surface area contributed by atoms with Crippen LogP contribution >= 0.6 is 0 Å². The third-order valence-electron chi connectivity index (χ3n) is 2.34. The van der Waals surface area contributed by atoms with Gasteiger partial charge in [0, 0.05) is 11.9 Å². The Hall–Kier alpha value is -2.63. The number of carbonyl (C=O) groups is 1. The Labute approximate surface area is 110 Å². The van der Waals surface area contributed by atoms with Crippen molar-refractivity contribution in [3.05, 3.63) is 42.1 Å². The molecule has 0 radical (unpaired) electrons. The zero-order valence-electron chi connectivity index (χ0n) is 10.5. The number of anilines is 3. The molecule has 0 spiro atoms. The van der Waals surface area contributed by atoms with Crippen molar-refractivity contribution in [1.29, 1.82) is 0 Å². The molecule has 0 atom stereocenters. The number of hydrogen-bond acceptors (Lipinski definition) is 6. The maximum Gasteiger partial charge on any atom is 0.343 e. The molecule has 2 rings (SSSR count). The van der Waals surface area contributed by atoms with Crippen molar-refractivity contribution < 1.29 is 9.53 Å². The molecule has 0 fully saturated rings. The lowest BCUT2D eigenvalue weighted by atomic mass is 10.3. The number of para-hydroxylation sites is 1. The minimum Gasteiger partial charge on any atom is -0.462 e. The summed E-state index contributed by atoms with van der Waals surface area (Å²) in [6, 6.07) is 9.43. The number of nitrogens with two attached hydrogens (primary N) is 1. The van der Waals surface area contributed by atoms with Gasteiger partial charge in [-0.05, 0) is 19.1 Å². The standard InChI is InChI=1S/C13H14N4O2/c1-2-19-12(18)10-8-15-13(17-11(10)14)16-9-6-4-3-5-7-9/h3-8H,2H2,1H3,(H3,14,15,16,17). The molecule has 6 nitrogen and oxygen atoms in total. The van der Waals surface area contributed by atoms with E-state index in [0.717, 1.165) is 5.69 Å². The molecule has 1 aromatic heterocycles. The molecule has 3 N–H and O–H groups in total. The number of nitrogens with one attached hydrogen (secondary N) is 1. The third-order valence-corrected chi connectivity index (χ3v) is 2.34. The maximum absolute atomic E-state index is 11.5. The van der Waals surface area contributed by atoms with Crippen LogP contribution in [0.1, 0.15) is 17.3 Å². The van der Waals surface area contributed by atoms with Crippen LogP contribution in [0.3, 0.4) is 0 Å². The van der Waals surface area contributed by atoms with Crippen molar-refractivity contribution in [3.8, 4) is 0 Å². The first-order valence-electron chi connectivity index (χ1n) is 5.82. The van der Waals surface area contributed by atoms with Gasteiger partial charge in [-0.25, -0.2) is 9.78 Å². The first-order valence-corrected chi connectivity index (χ1v) is 5.82. The number of rotatable bonds is 4. The largest absolute Gasteiger partial charge is 0.462 e. The van der Waals surface area contributed by atoms with E-state index in [1.165, 1.54) is 6.20 Å². The zero-order chi connectivity index (χ0) is 13.7. The zero-order valence-corrected chi connectivity index (χ0v) is 10.5. The van der Waals surface area contributed by atoms with E-state index in [1.807, 2.05) is 30.3 Å². The number of hydrogen-bond donors (Lipinski definition) is 2. The van der Waals surface area contributed by atoms with Gasteiger partial charge in [-0.2, -0.15) is 4.98 Å². The van der Waals surface area contributed by atoms with Crippen LogP contribution in [0.2, 0.25) is 0 Å². The van der Waals surface area contributed by atoms with Gasteiger partial charge in [0.15, 0.2) is 0 Å². The molecule has 0 saturated heterocycles. The number of esters is 1. The monoisotopic (exact) mass is 258 g/mol. The molecule has 19 heavy (non-hydrogen) atoms. The van der Waals surface area contributed by atoms with E-state index in [4.69, 9.17) is 10.5 Å². The lowest BCUT2D eigenvalue weighted by molar-refractivity contribution is 0.0527. The van der Waals surface area contributed by atoms with Crippen molar-refractivity contribution in [1.82, 2.24) is 9.97 Å². The van der Waals surface area contributed by atoms with Crippen molar-refractivity contribution in [3.63, 3.8) is 0 Å². The second kappa shape index (κ2) is 5.81. The molecule has 98 valence electrons. The van der Waals surface area contributed by atoms with E-state index in [1.54, 1.807) is 6.92 Å². The summed E-state index contributed by atoms with van der Waals surface area (Å²) >= 11 is 0. The molecular weight excluding hydrogens is 244 g/mol. The van der Waals surface area contributed by atoms with Gasteiger partial charge in [0.25, 0.3) is 0 Å². The van der Waals surface area contributed by atoms with Gasteiger partial charge >= 0.3 is 5.97 Å². The molecule has 0 bridgehead atoms. The fourth-order valence-corrected chi connectivity index (χ4v) is 1.47. The molecule has 2 aromatic rings. The van der Waals surface area contributed by atoms with Crippen LogP contribution in [0.4, 0.5) is 17.5 Å². The van der Waals surface area contributed by atoms with Gasteiger partial charge in [-0.1, -0.05) is 18.2 Å². The fraction of sp³-hybridized carbons (Fsp3) is 0.154. The first kappa shape index (κ1) is 12.8. The smallest absolute Gasteiger partial charge is 0.343 e. The van der Waals surface area contributed by atoms with Gasteiger partial charge < -0.3 is 15.8 Å². The number of carbonyl (C=O) groups excluding carboxylic acids is 1. The molecule has 0 aliphatic heterocycles. The molecular formula is C13H14N4O2. The van der Waals surface area contributed by atoms with Crippen LogP contribution in [-0.2, 0) is 4.74 Å². The molecule has 0 aliphatic carbocycles. The summed E-state index contributed by atoms with van der Waals surface area (Å²) in [5, 5.41) is 2.99. The second-order valence-corrected chi connectivity index (χ2v) is 3.70. The van der Waals surface area contributed by atoms with Crippen LogP contribution in [-0.4, -0.2) is 22.5 Å². The van der Waals surface area contributed by atoms with Gasteiger partial charge in [0.05, 0.1) is 6.61 Å². The van der Waals surface area contributed by atoms with E-state index >= 15 is 0 Å². The van der Waals surface area contributed by atoms with Crippen LogP contribution in [0.25, 0.3) is 0 Å². The Bertz CT molecular complexity index is 572. The van der Waals surface area contributed by atoms with E-state index in [0.29, 0.717) is 5.95 Å². The highest BCUT2D eigenvalue weighted by atomic mass is 16.5. The van der Waals surface area contributed by atoms with E-state index in [2.05, 4.69) is 15.3 Å². The maximum atomic E-state index is 11.5. The fourth-order valence-electron chi connectivity index (χ4n) is 1.47.